The van der Waals surface area contributed by atoms with Crippen LogP contribution in [0.3, 0.4) is 0 Å². The maximum Gasteiger partial charge on any atom is 0.228 e. The number of aryl methyl sites for hydroxylation is 2. The van der Waals surface area contributed by atoms with Gasteiger partial charge in [-0.3, -0.25) is 9.59 Å². The summed E-state index contributed by atoms with van der Waals surface area (Å²) in [7, 11) is 0. The lowest BCUT2D eigenvalue weighted by atomic mass is 9.89. The highest BCUT2D eigenvalue weighted by Gasteiger charge is 2.30. The third-order valence-electron chi connectivity index (χ3n) is 4.09. The van der Waals surface area contributed by atoms with Crippen LogP contribution in [0.4, 0.5) is 10.1 Å². The van der Waals surface area contributed by atoms with E-state index in [1.165, 1.54) is 23.1 Å². The molecule has 1 aliphatic rings. The fourth-order valence-corrected chi connectivity index (χ4v) is 3.64. The van der Waals surface area contributed by atoms with Gasteiger partial charge in [0.1, 0.15) is 5.82 Å². The average molecular weight is 347 g/mol. The first-order valence-corrected chi connectivity index (χ1v) is 8.68. The van der Waals surface area contributed by atoms with Crippen LogP contribution in [0, 0.1) is 12.7 Å². The van der Waals surface area contributed by atoms with Crippen molar-refractivity contribution in [3.63, 3.8) is 0 Å². The van der Waals surface area contributed by atoms with Gasteiger partial charge in [0.2, 0.25) is 11.8 Å². The van der Waals surface area contributed by atoms with Crippen molar-refractivity contribution >= 4 is 28.8 Å². The second-order valence-corrected chi connectivity index (χ2v) is 6.73. The van der Waals surface area contributed by atoms with Crippen molar-refractivity contribution in [1.29, 1.82) is 0 Å². The zero-order chi connectivity index (χ0) is 17.1. The van der Waals surface area contributed by atoms with Crippen LogP contribution < -0.4 is 10.6 Å². The molecule has 0 spiro atoms. The first-order valence-electron chi connectivity index (χ1n) is 7.80. The monoisotopic (exact) mass is 347 g/mol. The number of anilines is 1. The second-order valence-electron chi connectivity index (χ2n) is 5.79. The van der Waals surface area contributed by atoms with E-state index in [0.29, 0.717) is 17.8 Å². The van der Waals surface area contributed by atoms with Crippen LogP contribution in [0.25, 0.3) is 0 Å². The number of halogens is 1. The molecule has 1 aliphatic heterocycles. The molecule has 2 heterocycles. The topological polar surface area (TPSA) is 71.1 Å². The predicted molar refractivity (Wildman–Crippen MR) is 90.6 cm³/mol. The second kappa shape index (κ2) is 7.09. The minimum atomic E-state index is -0.644. The van der Waals surface area contributed by atoms with E-state index in [-0.39, 0.29) is 18.2 Å². The van der Waals surface area contributed by atoms with Crippen molar-refractivity contribution in [3.8, 4) is 0 Å². The van der Waals surface area contributed by atoms with Crippen LogP contribution in [-0.4, -0.2) is 23.3 Å². The molecule has 1 atom stereocenters. The van der Waals surface area contributed by atoms with Crippen LogP contribution in [-0.2, 0) is 16.0 Å². The van der Waals surface area contributed by atoms with Crippen molar-refractivity contribution in [1.82, 2.24) is 10.3 Å². The fraction of sp³-hybridized carbons (Fsp3) is 0.353. The van der Waals surface area contributed by atoms with Crippen molar-refractivity contribution in [3.05, 3.63) is 45.7 Å². The van der Waals surface area contributed by atoms with Crippen LogP contribution >= 0.6 is 11.3 Å². The molecule has 0 aliphatic carbocycles. The lowest BCUT2D eigenvalue weighted by molar-refractivity contribution is -0.126. The summed E-state index contributed by atoms with van der Waals surface area (Å²) in [5.74, 6) is -1.52. The Hall–Kier alpha value is -2.28. The normalized spacial score (nSPS) is 16.4. The van der Waals surface area contributed by atoms with Gasteiger partial charge >= 0.3 is 0 Å². The van der Waals surface area contributed by atoms with E-state index in [0.717, 1.165) is 18.5 Å². The third kappa shape index (κ3) is 3.62. The summed E-state index contributed by atoms with van der Waals surface area (Å²) < 4.78 is 13.5. The molecule has 0 fully saturated rings. The molecular weight excluding hydrogens is 329 g/mol. The molecule has 1 aromatic heterocycles. The first kappa shape index (κ1) is 16.6. The molecule has 0 unspecified atom stereocenters. The van der Waals surface area contributed by atoms with Crippen LogP contribution in [0.2, 0.25) is 0 Å². The van der Waals surface area contributed by atoms with Gasteiger partial charge in [-0.15, -0.1) is 11.3 Å². The quantitative estimate of drug-likeness (QED) is 0.817. The summed E-state index contributed by atoms with van der Waals surface area (Å²) in [5, 5.41) is 5.53. The fourth-order valence-electron chi connectivity index (χ4n) is 2.82. The summed E-state index contributed by atoms with van der Waals surface area (Å²) in [4.78, 5) is 29.6. The molecule has 126 valence electrons. The van der Waals surface area contributed by atoms with Gasteiger partial charge in [0.25, 0.3) is 0 Å². The standard InChI is InChI=1S/C17H18FN3O2S/c1-10-15(24-9-20-10)3-2-6-19-17(23)13-8-16(22)21-14-5-4-11(18)7-12(13)14/h4-5,7,9,13H,2-3,6,8H2,1H3,(H,19,23)(H,21,22)/t13-/m0/s1. The molecule has 0 saturated heterocycles. The Morgan fingerprint density at radius 2 is 2.33 bits per heavy atom. The van der Waals surface area contributed by atoms with E-state index < -0.39 is 11.7 Å². The Morgan fingerprint density at radius 3 is 3.08 bits per heavy atom. The number of amides is 2. The highest BCUT2D eigenvalue weighted by Crippen LogP contribution is 2.32. The van der Waals surface area contributed by atoms with Crippen LogP contribution in [0.5, 0.6) is 0 Å². The van der Waals surface area contributed by atoms with E-state index in [9.17, 15) is 14.0 Å². The molecule has 24 heavy (non-hydrogen) atoms. The molecule has 2 aromatic rings. The molecule has 1 aromatic carbocycles. The lowest BCUT2D eigenvalue weighted by Gasteiger charge is -2.24. The van der Waals surface area contributed by atoms with E-state index >= 15 is 0 Å². The molecule has 2 amide bonds. The highest BCUT2D eigenvalue weighted by atomic mass is 32.1. The zero-order valence-electron chi connectivity index (χ0n) is 13.3. The Bertz CT molecular complexity index is 775. The lowest BCUT2D eigenvalue weighted by Crippen LogP contribution is -2.35. The Labute approximate surface area is 143 Å². The minimum Gasteiger partial charge on any atom is -0.356 e. The van der Waals surface area contributed by atoms with Gasteiger partial charge in [-0.05, 0) is 43.5 Å². The number of benzene rings is 1. The summed E-state index contributed by atoms with van der Waals surface area (Å²) in [6.45, 7) is 2.48. The minimum absolute atomic E-state index is 0.0379. The maximum atomic E-state index is 13.5. The number of aromatic nitrogens is 1. The van der Waals surface area contributed by atoms with Gasteiger partial charge < -0.3 is 10.6 Å². The SMILES string of the molecule is Cc1ncsc1CCCNC(=O)[C@H]1CC(=O)Nc2ccc(F)cc21. The largest absolute Gasteiger partial charge is 0.356 e. The number of carbonyl (C=O) groups is 2. The van der Waals surface area contributed by atoms with Gasteiger partial charge in [-0.25, -0.2) is 9.37 Å². The smallest absolute Gasteiger partial charge is 0.228 e. The molecule has 0 radical (unpaired) electrons. The van der Waals surface area contributed by atoms with Gasteiger partial charge in [-0.2, -0.15) is 0 Å². The van der Waals surface area contributed by atoms with E-state index in [4.69, 9.17) is 0 Å². The molecule has 0 saturated carbocycles. The number of rotatable bonds is 5. The van der Waals surface area contributed by atoms with Crippen molar-refractivity contribution in [2.45, 2.75) is 32.1 Å². The highest BCUT2D eigenvalue weighted by molar-refractivity contribution is 7.09. The van der Waals surface area contributed by atoms with E-state index in [2.05, 4.69) is 15.6 Å². The third-order valence-corrected chi connectivity index (χ3v) is 5.09. The average Bonchev–Trinajstić information content (AvgIpc) is 2.96. The molecule has 5 nitrogen and oxygen atoms in total. The van der Waals surface area contributed by atoms with Gasteiger partial charge in [0.15, 0.2) is 0 Å². The number of hydrogen-bond acceptors (Lipinski definition) is 4. The van der Waals surface area contributed by atoms with E-state index in [1.54, 1.807) is 11.3 Å². The predicted octanol–water partition coefficient (Wildman–Crippen LogP) is 2.77. The molecule has 7 heteroatoms. The van der Waals surface area contributed by atoms with E-state index in [1.807, 2.05) is 12.4 Å². The summed E-state index contributed by atoms with van der Waals surface area (Å²) in [5.41, 5.74) is 3.88. The number of fused-ring (bicyclic) bond motifs is 1. The summed E-state index contributed by atoms with van der Waals surface area (Å²) in [6.07, 6.45) is 1.69. The number of hydrogen-bond donors (Lipinski definition) is 2. The maximum absolute atomic E-state index is 13.5. The van der Waals surface area contributed by atoms with Crippen LogP contribution in [0.15, 0.2) is 23.7 Å². The number of thiazole rings is 1. The Kier molecular flexibility index (Phi) is 4.89. The number of nitrogens with one attached hydrogen (secondary N) is 2. The molecule has 0 bridgehead atoms. The van der Waals surface area contributed by atoms with Crippen molar-refractivity contribution in [2.75, 3.05) is 11.9 Å². The zero-order valence-corrected chi connectivity index (χ0v) is 14.1. The Balaban J connectivity index is 1.60. The molecule has 3 rings (SSSR count). The van der Waals surface area contributed by atoms with Crippen molar-refractivity contribution < 1.29 is 14.0 Å². The van der Waals surface area contributed by atoms with Crippen molar-refractivity contribution in [2.24, 2.45) is 0 Å². The van der Waals surface area contributed by atoms with Gasteiger partial charge in [-0.1, -0.05) is 0 Å². The summed E-state index contributed by atoms with van der Waals surface area (Å²) in [6, 6.07) is 4.09. The van der Waals surface area contributed by atoms with Gasteiger partial charge in [0, 0.05) is 23.5 Å². The summed E-state index contributed by atoms with van der Waals surface area (Å²) >= 11 is 1.61. The van der Waals surface area contributed by atoms with Gasteiger partial charge in [0.05, 0.1) is 17.1 Å². The molecular formula is C17H18FN3O2S. The molecule has 2 N–H and O–H groups in total. The van der Waals surface area contributed by atoms with Crippen LogP contribution in [0.1, 0.15) is 34.9 Å². The number of nitrogens with zero attached hydrogens (tertiary/aromatic N) is 1. The Morgan fingerprint density at radius 1 is 1.50 bits per heavy atom. The first-order chi connectivity index (χ1) is 11.5. The number of carbonyl (C=O) groups excluding carboxylic acids is 2.